The summed E-state index contributed by atoms with van der Waals surface area (Å²) < 4.78 is 5.23. The van der Waals surface area contributed by atoms with E-state index in [1.807, 2.05) is 11.8 Å². The number of nitrogens with one attached hydrogen (secondary N) is 1. The van der Waals surface area contributed by atoms with Gasteiger partial charge in [0.15, 0.2) is 5.82 Å². The lowest BCUT2D eigenvalue weighted by Gasteiger charge is -2.29. The second-order valence-electron chi connectivity index (χ2n) is 5.40. The number of rotatable bonds is 2. The summed E-state index contributed by atoms with van der Waals surface area (Å²) >= 11 is 1.94. The largest absolute Gasteiger partial charge is 0.333 e. The Balaban J connectivity index is 2.07. The van der Waals surface area contributed by atoms with Crippen molar-refractivity contribution in [3.8, 4) is 0 Å². The molecule has 0 radical (unpaired) electrons. The summed E-state index contributed by atoms with van der Waals surface area (Å²) in [5, 5.41) is 7.26. The minimum Gasteiger partial charge on any atom is -0.333 e. The number of anilines is 1. The van der Waals surface area contributed by atoms with Gasteiger partial charge in [0.25, 0.3) is 0 Å². The summed E-state index contributed by atoms with van der Waals surface area (Å²) in [6, 6.07) is 0.782. The number of hydrogen-bond donors (Lipinski definition) is 1. The van der Waals surface area contributed by atoms with Crippen LogP contribution in [0.25, 0.3) is 0 Å². The van der Waals surface area contributed by atoms with Crippen molar-refractivity contribution in [3.05, 3.63) is 5.82 Å². The van der Waals surface area contributed by atoms with Crippen LogP contribution in [0.15, 0.2) is 4.52 Å². The molecule has 1 aromatic rings. The number of hydrogen-bond acceptors (Lipinski definition) is 6. The lowest BCUT2D eigenvalue weighted by atomic mass is 10.1. The molecular formula is C11H20N4OS. The normalized spacial score (nSPS) is 22.7. The second-order valence-corrected chi connectivity index (χ2v) is 6.55. The van der Waals surface area contributed by atoms with E-state index < -0.39 is 0 Å². The van der Waals surface area contributed by atoms with Gasteiger partial charge in [-0.1, -0.05) is 5.16 Å². The van der Waals surface area contributed by atoms with Crippen LogP contribution in [0.4, 0.5) is 6.01 Å². The van der Waals surface area contributed by atoms with E-state index in [0.717, 1.165) is 18.1 Å². The highest BCUT2D eigenvalue weighted by molar-refractivity contribution is 7.99. The van der Waals surface area contributed by atoms with Crippen LogP contribution in [0, 0.1) is 0 Å². The first-order valence-electron chi connectivity index (χ1n) is 5.85. The SMILES string of the molecule is CN1CCSCC1c1noc(NC(C)(C)C)n1. The van der Waals surface area contributed by atoms with Crippen LogP contribution >= 0.6 is 11.8 Å². The van der Waals surface area contributed by atoms with Crippen molar-refractivity contribution >= 4 is 17.8 Å². The monoisotopic (exact) mass is 256 g/mol. The molecule has 17 heavy (non-hydrogen) atoms. The van der Waals surface area contributed by atoms with Gasteiger partial charge in [-0.15, -0.1) is 0 Å². The van der Waals surface area contributed by atoms with E-state index in [2.05, 4.69) is 48.2 Å². The van der Waals surface area contributed by atoms with Gasteiger partial charge in [0.05, 0.1) is 6.04 Å². The molecule has 5 nitrogen and oxygen atoms in total. The molecule has 1 aliphatic rings. The fraction of sp³-hybridized carbons (Fsp3) is 0.818. The zero-order valence-corrected chi connectivity index (χ0v) is 11.7. The molecule has 1 unspecified atom stereocenters. The van der Waals surface area contributed by atoms with Gasteiger partial charge >= 0.3 is 6.01 Å². The van der Waals surface area contributed by atoms with Crippen LogP contribution in [0.5, 0.6) is 0 Å². The fourth-order valence-corrected chi connectivity index (χ4v) is 2.91. The van der Waals surface area contributed by atoms with Crippen molar-refractivity contribution in [2.75, 3.05) is 30.4 Å². The molecule has 0 saturated carbocycles. The molecule has 1 saturated heterocycles. The third-order valence-corrected chi connectivity index (χ3v) is 3.64. The highest BCUT2D eigenvalue weighted by Crippen LogP contribution is 2.27. The summed E-state index contributed by atoms with van der Waals surface area (Å²) in [6.07, 6.45) is 0. The Labute approximate surface area is 106 Å². The van der Waals surface area contributed by atoms with Gasteiger partial charge in [0, 0.05) is 23.6 Å². The van der Waals surface area contributed by atoms with Gasteiger partial charge in [-0.2, -0.15) is 16.7 Å². The molecule has 1 atom stereocenters. The topological polar surface area (TPSA) is 54.2 Å². The van der Waals surface area contributed by atoms with Gasteiger partial charge in [0.2, 0.25) is 0 Å². The fourth-order valence-electron chi connectivity index (χ4n) is 1.70. The Hall–Kier alpha value is -0.750. The van der Waals surface area contributed by atoms with E-state index in [9.17, 15) is 0 Å². The highest BCUT2D eigenvalue weighted by Gasteiger charge is 2.26. The lowest BCUT2D eigenvalue weighted by Crippen LogP contribution is -2.33. The third-order valence-electron chi connectivity index (χ3n) is 2.62. The minimum atomic E-state index is -0.0585. The predicted molar refractivity (Wildman–Crippen MR) is 70.4 cm³/mol. The molecule has 2 heterocycles. The first-order chi connectivity index (χ1) is 7.96. The second kappa shape index (κ2) is 4.86. The van der Waals surface area contributed by atoms with E-state index in [1.165, 1.54) is 5.75 Å². The maximum Gasteiger partial charge on any atom is 0.321 e. The molecule has 0 spiro atoms. The summed E-state index contributed by atoms with van der Waals surface area (Å²) in [5.74, 6) is 3.00. The standard InChI is InChI=1S/C11H20N4OS/c1-11(2,3)13-10-12-9(14-16-10)8-7-17-6-5-15(8)4/h8H,5-7H2,1-4H3,(H,12,13,14). The average molecular weight is 256 g/mol. The van der Waals surface area contributed by atoms with E-state index in [1.54, 1.807) is 0 Å². The average Bonchev–Trinajstić information content (AvgIpc) is 2.64. The van der Waals surface area contributed by atoms with E-state index >= 15 is 0 Å². The first kappa shape index (κ1) is 12.7. The molecule has 0 aromatic carbocycles. The van der Waals surface area contributed by atoms with Gasteiger partial charge in [0.1, 0.15) is 0 Å². The van der Waals surface area contributed by atoms with Crippen LogP contribution in [0.3, 0.4) is 0 Å². The van der Waals surface area contributed by atoms with Crippen LogP contribution < -0.4 is 5.32 Å². The molecule has 6 heteroatoms. The zero-order chi connectivity index (χ0) is 12.5. The Kier molecular flexibility index (Phi) is 3.63. The molecule has 1 aromatic heterocycles. The summed E-state index contributed by atoms with van der Waals surface area (Å²) in [7, 11) is 2.11. The van der Waals surface area contributed by atoms with Gasteiger partial charge in [-0.25, -0.2) is 0 Å². The summed E-state index contributed by atoms with van der Waals surface area (Å²) in [4.78, 5) is 6.71. The summed E-state index contributed by atoms with van der Waals surface area (Å²) in [5.41, 5.74) is -0.0585. The van der Waals surface area contributed by atoms with Crippen molar-refractivity contribution in [2.45, 2.75) is 32.4 Å². The molecule has 1 fully saturated rings. The van der Waals surface area contributed by atoms with Gasteiger partial charge in [-0.3, -0.25) is 4.90 Å². The van der Waals surface area contributed by atoms with Crippen LogP contribution in [0.1, 0.15) is 32.6 Å². The quantitative estimate of drug-likeness (QED) is 0.873. The number of aromatic nitrogens is 2. The molecule has 96 valence electrons. The number of nitrogens with zero attached hydrogens (tertiary/aromatic N) is 3. The van der Waals surface area contributed by atoms with Crippen molar-refractivity contribution in [1.82, 2.24) is 15.0 Å². The Bertz CT molecular complexity index is 374. The Morgan fingerprint density at radius 3 is 2.88 bits per heavy atom. The van der Waals surface area contributed by atoms with Crippen molar-refractivity contribution < 1.29 is 4.52 Å². The zero-order valence-electron chi connectivity index (χ0n) is 10.9. The minimum absolute atomic E-state index is 0.0585. The van der Waals surface area contributed by atoms with Crippen LogP contribution in [0.2, 0.25) is 0 Å². The van der Waals surface area contributed by atoms with Crippen LogP contribution in [-0.2, 0) is 0 Å². The van der Waals surface area contributed by atoms with Crippen molar-refractivity contribution in [2.24, 2.45) is 0 Å². The maximum atomic E-state index is 5.23. The Morgan fingerprint density at radius 1 is 1.47 bits per heavy atom. The van der Waals surface area contributed by atoms with E-state index in [4.69, 9.17) is 4.52 Å². The molecule has 1 N–H and O–H groups in total. The van der Waals surface area contributed by atoms with Gasteiger partial charge in [-0.05, 0) is 27.8 Å². The van der Waals surface area contributed by atoms with Crippen LogP contribution in [-0.4, -0.2) is 45.7 Å². The molecular weight excluding hydrogens is 236 g/mol. The van der Waals surface area contributed by atoms with E-state index in [-0.39, 0.29) is 11.6 Å². The van der Waals surface area contributed by atoms with Gasteiger partial charge < -0.3 is 9.84 Å². The third kappa shape index (κ3) is 3.35. The Morgan fingerprint density at radius 2 is 2.24 bits per heavy atom. The smallest absolute Gasteiger partial charge is 0.321 e. The van der Waals surface area contributed by atoms with E-state index in [0.29, 0.717) is 6.01 Å². The molecule has 1 aliphatic heterocycles. The molecule has 0 bridgehead atoms. The van der Waals surface area contributed by atoms with Crippen molar-refractivity contribution in [3.63, 3.8) is 0 Å². The highest BCUT2D eigenvalue weighted by atomic mass is 32.2. The molecule has 2 rings (SSSR count). The lowest BCUT2D eigenvalue weighted by molar-refractivity contribution is 0.257. The predicted octanol–water partition coefficient (Wildman–Crippen LogP) is 2.00. The molecule has 0 aliphatic carbocycles. The van der Waals surface area contributed by atoms with Crippen molar-refractivity contribution in [1.29, 1.82) is 0 Å². The number of thioether (sulfide) groups is 1. The first-order valence-corrected chi connectivity index (χ1v) is 7.01. The molecule has 0 amide bonds. The maximum absolute atomic E-state index is 5.23. The summed E-state index contributed by atoms with van der Waals surface area (Å²) in [6.45, 7) is 7.28.